The summed E-state index contributed by atoms with van der Waals surface area (Å²) in [6, 6.07) is 7.32. The Morgan fingerprint density at radius 1 is 1.07 bits per heavy atom. The van der Waals surface area contributed by atoms with Gasteiger partial charge in [0.05, 0.1) is 10.2 Å². The second-order valence-electron chi connectivity index (χ2n) is 6.93. The molecule has 1 N–H and O–H groups in total. The summed E-state index contributed by atoms with van der Waals surface area (Å²) in [6.07, 6.45) is -2.28. The highest BCUT2D eigenvalue weighted by atomic mass is 32.1. The minimum Gasteiger partial charge on any atom is -0.348 e. The first-order valence-corrected chi connectivity index (χ1v) is 9.93. The fourth-order valence-corrected chi connectivity index (χ4v) is 4.43. The lowest BCUT2D eigenvalue weighted by molar-refractivity contribution is -0.144. The van der Waals surface area contributed by atoms with Gasteiger partial charge >= 0.3 is 6.18 Å². The predicted molar refractivity (Wildman–Crippen MR) is 105 cm³/mol. The third-order valence-corrected chi connectivity index (χ3v) is 5.80. The number of hydrogen-bond donors (Lipinski definition) is 1. The van der Waals surface area contributed by atoms with Gasteiger partial charge in [-0.1, -0.05) is 11.3 Å². The number of halogens is 3. The minimum atomic E-state index is -4.63. The highest BCUT2D eigenvalue weighted by molar-refractivity contribution is 7.22. The predicted octanol–water partition coefficient (Wildman–Crippen LogP) is 4.41. The van der Waals surface area contributed by atoms with Crippen molar-refractivity contribution >= 4 is 44.0 Å². The number of hydrogen-bond acceptors (Lipinski definition) is 7. The fraction of sp³-hybridized carbons (Fsp3) is 0.333. The van der Waals surface area contributed by atoms with Crippen LogP contribution in [-0.2, 0) is 6.18 Å². The van der Waals surface area contributed by atoms with E-state index in [1.165, 1.54) is 12.8 Å². The zero-order valence-corrected chi connectivity index (χ0v) is 16.2. The molecule has 0 saturated carbocycles. The molecule has 1 fully saturated rings. The quantitative estimate of drug-likeness (QED) is 0.531. The van der Waals surface area contributed by atoms with Crippen LogP contribution in [0.4, 0.5) is 29.8 Å². The SMILES string of the molecule is Cc1cc(Nc2ccc3nc(N4CCCC4)sc3c2)n2nc(C(F)(F)F)nc2n1. The number of thiazole rings is 1. The van der Waals surface area contributed by atoms with E-state index >= 15 is 0 Å². The zero-order chi connectivity index (χ0) is 20.2. The summed E-state index contributed by atoms with van der Waals surface area (Å²) in [4.78, 5) is 14.5. The molecule has 11 heteroatoms. The molecule has 0 unspecified atom stereocenters. The number of fused-ring (bicyclic) bond motifs is 2. The Balaban J connectivity index is 1.51. The molecule has 150 valence electrons. The number of aryl methyl sites for hydroxylation is 1. The van der Waals surface area contributed by atoms with Crippen molar-refractivity contribution in [1.82, 2.24) is 24.6 Å². The van der Waals surface area contributed by atoms with Gasteiger partial charge in [-0.15, -0.1) is 5.10 Å². The number of anilines is 3. The highest BCUT2D eigenvalue weighted by Gasteiger charge is 2.36. The Bertz CT molecular complexity index is 1210. The molecule has 4 aromatic rings. The van der Waals surface area contributed by atoms with Crippen LogP contribution in [0.15, 0.2) is 24.3 Å². The van der Waals surface area contributed by atoms with Crippen LogP contribution in [-0.4, -0.2) is 37.7 Å². The molecule has 29 heavy (non-hydrogen) atoms. The first kappa shape index (κ1) is 18.1. The molecule has 0 atom stereocenters. The number of alkyl halides is 3. The highest BCUT2D eigenvalue weighted by Crippen LogP contribution is 2.33. The van der Waals surface area contributed by atoms with Crippen LogP contribution in [0.25, 0.3) is 16.0 Å². The van der Waals surface area contributed by atoms with Gasteiger partial charge in [-0.25, -0.2) is 9.97 Å². The first-order valence-electron chi connectivity index (χ1n) is 9.11. The third-order valence-electron chi connectivity index (χ3n) is 4.72. The third kappa shape index (κ3) is 3.35. The molecule has 3 aromatic heterocycles. The Kier molecular flexibility index (Phi) is 4.09. The van der Waals surface area contributed by atoms with Crippen molar-refractivity contribution in [2.75, 3.05) is 23.3 Å². The Morgan fingerprint density at radius 3 is 2.62 bits per heavy atom. The van der Waals surface area contributed by atoms with Gasteiger partial charge in [0.25, 0.3) is 11.6 Å². The lowest BCUT2D eigenvalue weighted by atomic mass is 10.3. The summed E-state index contributed by atoms with van der Waals surface area (Å²) >= 11 is 1.61. The summed E-state index contributed by atoms with van der Waals surface area (Å²) in [5.41, 5.74) is 2.17. The lowest BCUT2D eigenvalue weighted by Crippen LogP contribution is -2.16. The van der Waals surface area contributed by atoms with Gasteiger partial charge in [-0.3, -0.25) is 0 Å². The van der Waals surface area contributed by atoms with E-state index in [4.69, 9.17) is 4.98 Å². The Labute approximate surface area is 167 Å². The van der Waals surface area contributed by atoms with E-state index in [0.717, 1.165) is 38.6 Å². The van der Waals surface area contributed by atoms with Gasteiger partial charge in [-0.2, -0.15) is 22.7 Å². The Hall–Kier alpha value is -2.95. The maximum absolute atomic E-state index is 13.0. The monoisotopic (exact) mass is 419 g/mol. The second-order valence-corrected chi connectivity index (χ2v) is 7.93. The lowest BCUT2D eigenvalue weighted by Gasteiger charge is -2.11. The van der Waals surface area contributed by atoms with Crippen molar-refractivity contribution in [3.05, 3.63) is 35.8 Å². The molecular formula is C18H16F3N7S. The van der Waals surface area contributed by atoms with Crippen LogP contribution in [0.2, 0.25) is 0 Å². The minimum absolute atomic E-state index is 0.102. The average molecular weight is 419 g/mol. The molecule has 1 aliphatic heterocycles. The van der Waals surface area contributed by atoms with Gasteiger partial charge < -0.3 is 10.2 Å². The van der Waals surface area contributed by atoms with Gasteiger partial charge in [0.1, 0.15) is 5.82 Å². The van der Waals surface area contributed by atoms with Gasteiger partial charge in [0.2, 0.25) is 0 Å². The maximum Gasteiger partial charge on any atom is 0.453 e. The molecule has 0 radical (unpaired) electrons. The molecule has 4 heterocycles. The van der Waals surface area contributed by atoms with E-state index in [1.807, 2.05) is 18.2 Å². The van der Waals surface area contributed by atoms with Crippen LogP contribution in [0, 0.1) is 6.92 Å². The van der Waals surface area contributed by atoms with Crippen molar-refractivity contribution in [3.63, 3.8) is 0 Å². The summed E-state index contributed by atoms with van der Waals surface area (Å²) in [5.74, 6) is -0.957. The second kappa shape index (κ2) is 6.55. The molecule has 7 nitrogen and oxygen atoms in total. The first-order chi connectivity index (χ1) is 13.9. The number of nitrogens with zero attached hydrogens (tertiary/aromatic N) is 6. The smallest absolute Gasteiger partial charge is 0.348 e. The van der Waals surface area contributed by atoms with Crippen LogP contribution in [0.5, 0.6) is 0 Å². The molecule has 1 saturated heterocycles. The van der Waals surface area contributed by atoms with Gasteiger partial charge in [0, 0.05) is 30.5 Å². The van der Waals surface area contributed by atoms with Crippen LogP contribution in [0.3, 0.4) is 0 Å². The molecule has 1 aliphatic rings. The molecule has 0 spiro atoms. The van der Waals surface area contributed by atoms with E-state index in [9.17, 15) is 13.2 Å². The standard InChI is InChI=1S/C18H16F3N7S/c1-10-8-14(28-16(22-10)25-15(26-28)18(19,20)21)23-11-4-5-12-13(9-11)29-17(24-12)27-6-2-3-7-27/h4-5,8-9,23H,2-3,6-7H2,1H3. The number of benzene rings is 1. The van der Waals surface area contributed by atoms with Crippen LogP contribution >= 0.6 is 11.3 Å². The largest absolute Gasteiger partial charge is 0.453 e. The fourth-order valence-electron chi connectivity index (χ4n) is 3.38. The molecule has 5 rings (SSSR count). The summed E-state index contributed by atoms with van der Waals surface area (Å²) < 4.78 is 41.1. The van der Waals surface area contributed by atoms with Crippen LogP contribution in [0.1, 0.15) is 24.4 Å². The van der Waals surface area contributed by atoms with Gasteiger partial charge in [0.15, 0.2) is 5.13 Å². The van der Waals surface area contributed by atoms with Crippen molar-refractivity contribution in [2.24, 2.45) is 0 Å². The van der Waals surface area contributed by atoms with E-state index < -0.39 is 12.0 Å². The van der Waals surface area contributed by atoms with Crippen molar-refractivity contribution in [1.29, 1.82) is 0 Å². The normalized spacial score (nSPS) is 15.0. The topological polar surface area (TPSA) is 71.2 Å². The van der Waals surface area contributed by atoms with E-state index in [-0.39, 0.29) is 5.78 Å². The van der Waals surface area contributed by atoms with Crippen LogP contribution < -0.4 is 10.2 Å². The number of nitrogens with one attached hydrogen (secondary N) is 1. The summed E-state index contributed by atoms with van der Waals surface area (Å²) in [5, 5.41) is 7.72. The summed E-state index contributed by atoms with van der Waals surface area (Å²) in [7, 11) is 0. The summed E-state index contributed by atoms with van der Waals surface area (Å²) in [6.45, 7) is 3.74. The van der Waals surface area contributed by atoms with E-state index in [1.54, 1.807) is 24.3 Å². The number of rotatable bonds is 3. The molecule has 0 aliphatic carbocycles. The maximum atomic E-state index is 13.0. The molecule has 0 bridgehead atoms. The zero-order valence-electron chi connectivity index (χ0n) is 15.4. The number of aromatic nitrogens is 5. The van der Waals surface area contributed by atoms with Crippen molar-refractivity contribution in [3.8, 4) is 0 Å². The van der Waals surface area contributed by atoms with Crippen molar-refractivity contribution in [2.45, 2.75) is 25.9 Å². The molecule has 0 amide bonds. The van der Waals surface area contributed by atoms with Crippen molar-refractivity contribution < 1.29 is 13.2 Å². The molecular weight excluding hydrogens is 403 g/mol. The van der Waals surface area contributed by atoms with Gasteiger partial charge in [-0.05, 0) is 38.0 Å². The molecule has 1 aromatic carbocycles. The average Bonchev–Trinajstić information content (AvgIpc) is 3.39. The van der Waals surface area contributed by atoms with E-state index in [2.05, 4.69) is 25.3 Å². The van der Waals surface area contributed by atoms with E-state index in [0.29, 0.717) is 11.5 Å². The Morgan fingerprint density at radius 2 is 1.86 bits per heavy atom.